The molecular formula is C29H43FN6O3. The SMILES string of the molecule is C/C=C(\C=NC=N)c1ccc(C2=NCC3=C(N2)NC(OC)C=C3)c(F)c1.CC.CCO.O=CC1CCCNC1. The molecule has 1 aromatic carbocycles. The topological polar surface area (TPSA) is 131 Å². The number of amidine groups is 1. The third kappa shape index (κ3) is 11.0. The number of hydrogen-bond acceptors (Lipinski definition) is 8. The standard InChI is InChI=1S/C19H20FN5O.C6H11NO.C2H6O.C2H6/c1-3-12(9-22-11-21)13-4-6-15(16(20)8-13)19-23-10-14-5-7-17(26-2)24-18(14)25-19;8-5-6-2-1-3-7-4-6;1-2-3;1-2/h3-9,11,17,21,24H,10H2,1-2H3,(H,23,25);5-7H,1-4H2;3H,2H2,1H3;1-2H3/b12-3+,21-11?,22-9?;;;. The first-order valence-electron chi connectivity index (χ1n) is 13.3. The largest absolute Gasteiger partial charge is 0.397 e. The van der Waals surface area contributed by atoms with E-state index < -0.39 is 0 Å². The predicted molar refractivity (Wildman–Crippen MR) is 158 cm³/mol. The van der Waals surface area contributed by atoms with E-state index in [4.69, 9.17) is 15.3 Å². The monoisotopic (exact) mass is 542 g/mol. The van der Waals surface area contributed by atoms with Gasteiger partial charge in [0.15, 0.2) is 0 Å². The Bertz CT molecular complexity index is 1060. The van der Waals surface area contributed by atoms with Crippen LogP contribution in [-0.4, -0.2) is 69.4 Å². The number of rotatable bonds is 6. The first-order chi connectivity index (χ1) is 19.0. The van der Waals surface area contributed by atoms with E-state index in [-0.39, 0.29) is 18.7 Å². The average molecular weight is 543 g/mol. The van der Waals surface area contributed by atoms with Crippen LogP contribution in [0.5, 0.6) is 0 Å². The van der Waals surface area contributed by atoms with E-state index in [9.17, 15) is 9.18 Å². The van der Waals surface area contributed by atoms with Gasteiger partial charge in [0.25, 0.3) is 0 Å². The number of halogens is 1. The summed E-state index contributed by atoms with van der Waals surface area (Å²) in [6, 6.07) is 4.95. The van der Waals surface area contributed by atoms with E-state index in [2.05, 4.69) is 25.9 Å². The zero-order chi connectivity index (χ0) is 29.0. The Morgan fingerprint density at radius 2 is 2.10 bits per heavy atom. The number of ether oxygens (including phenoxy) is 1. The van der Waals surface area contributed by atoms with Crippen LogP contribution in [0.2, 0.25) is 0 Å². The van der Waals surface area contributed by atoms with Gasteiger partial charge in [-0.15, -0.1) is 0 Å². The highest BCUT2D eigenvalue weighted by Gasteiger charge is 2.22. The molecular weight excluding hydrogens is 499 g/mol. The van der Waals surface area contributed by atoms with Gasteiger partial charge in [-0.1, -0.05) is 32.1 Å². The number of carbonyl (C=O) groups excluding carboxylic acids is 1. The number of dihydropyridines is 1. The van der Waals surface area contributed by atoms with Crippen LogP contribution in [0.15, 0.2) is 57.8 Å². The van der Waals surface area contributed by atoms with Gasteiger partial charge in [0.2, 0.25) is 0 Å². The maximum Gasteiger partial charge on any atom is 0.148 e. The molecule has 1 fully saturated rings. The van der Waals surface area contributed by atoms with E-state index in [1.165, 1.54) is 12.3 Å². The summed E-state index contributed by atoms with van der Waals surface area (Å²) in [6.07, 6.45) is 11.2. The number of piperidine rings is 1. The average Bonchev–Trinajstić information content (AvgIpc) is 2.99. The van der Waals surface area contributed by atoms with E-state index in [0.29, 0.717) is 29.4 Å². The molecule has 2 unspecified atom stereocenters. The fourth-order valence-corrected chi connectivity index (χ4v) is 3.75. The smallest absolute Gasteiger partial charge is 0.148 e. The quantitative estimate of drug-likeness (QED) is 0.211. The highest BCUT2D eigenvalue weighted by Crippen LogP contribution is 2.20. The van der Waals surface area contributed by atoms with Crippen molar-refractivity contribution in [2.75, 3.05) is 33.4 Å². The van der Waals surface area contributed by atoms with Gasteiger partial charge in [0.05, 0.1) is 12.1 Å². The fourth-order valence-electron chi connectivity index (χ4n) is 3.75. The summed E-state index contributed by atoms with van der Waals surface area (Å²) in [5.41, 5.74) is 2.82. The number of aliphatic imine (C=N–C) groups is 2. The number of nitrogens with zero attached hydrogens (tertiary/aromatic N) is 2. The third-order valence-electron chi connectivity index (χ3n) is 5.67. The van der Waals surface area contributed by atoms with Crippen LogP contribution in [-0.2, 0) is 9.53 Å². The Balaban J connectivity index is 0.000000486. The number of nitrogens with one attached hydrogen (secondary N) is 4. The number of aliphatic hydroxyl groups is 1. The van der Waals surface area contributed by atoms with Crippen molar-refractivity contribution in [1.29, 1.82) is 5.41 Å². The maximum absolute atomic E-state index is 14.7. The zero-order valence-electron chi connectivity index (χ0n) is 23.6. The third-order valence-corrected chi connectivity index (χ3v) is 5.67. The van der Waals surface area contributed by atoms with Gasteiger partial charge in [-0.2, -0.15) is 0 Å². The second-order valence-corrected chi connectivity index (χ2v) is 8.25. The molecule has 0 radical (unpaired) electrons. The molecule has 9 nitrogen and oxygen atoms in total. The highest BCUT2D eigenvalue weighted by atomic mass is 19.1. The van der Waals surface area contributed by atoms with Crippen molar-refractivity contribution in [1.82, 2.24) is 16.0 Å². The lowest BCUT2D eigenvalue weighted by atomic mass is 10.0. The number of benzene rings is 1. The van der Waals surface area contributed by atoms with Crippen molar-refractivity contribution in [3.05, 3.63) is 64.8 Å². The molecule has 10 heteroatoms. The number of carbonyl (C=O) groups is 1. The van der Waals surface area contributed by atoms with Gasteiger partial charge in [-0.3, -0.25) is 10.4 Å². The second kappa shape index (κ2) is 19.6. The summed E-state index contributed by atoms with van der Waals surface area (Å²) >= 11 is 0. The van der Waals surface area contributed by atoms with Crippen LogP contribution >= 0.6 is 0 Å². The molecule has 0 saturated carbocycles. The Morgan fingerprint density at radius 3 is 2.64 bits per heavy atom. The molecule has 39 heavy (non-hydrogen) atoms. The van der Waals surface area contributed by atoms with Crippen LogP contribution in [0.4, 0.5) is 4.39 Å². The Hall–Kier alpha value is -3.47. The molecule has 5 N–H and O–H groups in total. The van der Waals surface area contributed by atoms with E-state index >= 15 is 0 Å². The van der Waals surface area contributed by atoms with Crippen molar-refractivity contribution in [3.63, 3.8) is 0 Å². The van der Waals surface area contributed by atoms with Crippen LogP contribution < -0.4 is 16.0 Å². The first kappa shape index (κ1) is 33.6. The van der Waals surface area contributed by atoms with Crippen molar-refractivity contribution in [3.8, 4) is 0 Å². The van der Waals surface area contributed by atoms with E-state index in [0.717, 1.165) is 55.5 Å². The van der Waals surface area contributed by atoms with Crippen LogP contribution in [0.25, 0.3) is 5.57 Å². The van der Waals surface area contributed by atoms with Crippen LogP contribution in [0.1, 0.15) is 51.7 Å². The van der Waals surface area contributed by atoms with Crippen molar-refractivity contribution in [2.24, 2.45) is 15.9 Å². The lowest BCUT2D eigenvalue weighted by Gasteiger charge is -2.28. The number of hydrogen-bond donors (Lipinski definition) is 5. The van der Waals surface area contributed by atoms with Crippen LogP contribution in [0, 0.1) is 17.1 Å². The van der Waals surface area contributed by atoms with Crippen molar-refractivity contribution >= 4 is 30.2 Å². The summed E-state index contributed by atoms with van der Waals surface area (Å²) in [5.74, 6) is 1.17. The molecule has 3 heterocycles. The Kier molecular flexibility index (Phi) is 16.8. The fraction of sp³-hybridized carbons (Fsp3) is 0.448. The minimum absolute atomic E-state index is 0.224. The predicted octanol–water partition coefficient (Wildman–Crippen LogP) is 3.81. The Labute approximate surface area is 231 Å². The molecule has 1 saturated heterocycles. The summed E-state index contributed by atoms with van der Waals surface area (Å²) in [4.78, 5) is 18.3. The normalized spacial score (nSPS) is 19.9. The molecule has 3 aliphatic rings. The van der Waals surface area contributed by atoms with Gasteiger partial charge < -0.3 is 30.6 Å². The minimum atomic E-state index is -0.380. The van der Waals surface area contributed by atoms with Crippen molar-refractivity contribution in [2.45, 2.75) is 46.8 Å². The summed E-state index contributed by atoms with van der Waals surface area (Å²) in [7, 11) is 1.62. The molecule has 2 atom stereocenters. The number of aliphatic hydroxyl groups excluding tert-OH is 1. The molecule has 0 amide bonds. The lowest BCUT2D eigenvalue weighted by Crippen LogP contribution is -2.43. The van der Waals surface area contributed by atoms with Gasteiger partial charge in [-0.25, -0.2) is 9.38 Å². The van der Waals surface area contributed by atoms with Gasteiger partial charge in [0, 0.05) is 38.0 Å². The molecule has 214 valence electrons. The highest BCUT2D eigenvalue weighted by molar-refractivity contribution is 6.11. The lowest BCUT2D eigenvalue weighted by molar-refractivity contribution is -0.111. The van der Waals surface area contributed by atoms with Gasteiger partial charge >= 0.3 is 0 Å². The maximum atomic E-state index is 14.7. The molecule has 1 aromatic rings. The molecule has 0 aromatic heterocycles. The van der Waals surface area contributed by atoms with Crippen molar-refractivity contribution < 1.29 is 19.0 Å². The summed E-state index contributed by atoms with van der Waals surface area (Å²) in [5, 5.41) is 24.0. The molecule has 0 aliphatic carbocycles. The molecule has 3 aliphatic heterocycles. The van der Waals surface area contributed by atoms with Gasteiger partial charge in [-0.05, 0) is 62.6 Å². The Morgan fingerprint density at radius 1 is 1.36 bits per heavy atom. The number of aldehydes is 1. The van der Waals surface area contributed by atoms with E-state index in [1.54, 1.807) is 20.1 Å². The summed E-state index contributed by atoms with van der Waals surface area (Å²) < 4.78 is 20.0. The number of methoxy groups -OCH3 is 1. The van der Waals surface area contributed by atoms with Crippen LogP contribution in [0.3, 0.4) is 0 Å². The zero-order valence-corrected chi connectivity index (χ0v) is 23.6. The minimum Gasteiger partial charge on any atom is -0.397 e. The van der Waals surface area contributed by atoms with Gasteiger partial charge in [0.1, 0.15) is 36.3 Å². The molecule has 0 bridgehead atoms. The molecule has 0 spiro atoms. The number of allylic oxidation sites excluding steroid dienone is 2. The second-order valence-electron chi connectivity index (χ2n) is 8.25. The molecule has 4 rings (SSSR count). The summed E-state index contributed by atoms with van der Waals surface area (Å²) in [6.45, 7) is 10.2. The van der Waals surface area contributed by atoms with E-state index in [1.807, 2.05) is 45.1 Å². The first-order valence-corrected chi connectivity index (χ1v) is 13.3.